The van der Waals surface area contributed by atoms with Crippen LogP contribution < -0.4 is 9.47 Å². The zero-order valence-electron chi connectivity index (χ0n) is 40.1. The van der Waals surface area contributed by atoms with Crippen molar-refractivity contribution in [3.05, 3.63) is 129 Å². The lowest BCUT2D eigenvalue weighted by Crippen LogP contribution is -2.19. The van der Waals surface area contributed by atoms with Crippen molar-refractivity contribution < 1.29 is 57.6 Å². The van der Waals surface area contributed by atoms with Crippen molar-refractivity contribution in [2.24, 2.45) is 0 Å². The molecule has 0 fully saturated rings. The molecule has 4 aromatic rings. The highest BCUT2D eigenvalue weighted by Crippen LogP contribution is 2.29. The maximum absolute atomic E-state index is 14.4. The van der Waals surface area contributed by atoms with E-state index in [1.165, 1.54) is 84.9 Å². The van der Waals surface area contributed by atoms with Gasteiger partial charge < -0.3 is 9.47 Å². The van der Waals surface area contributed by atoms with Crippen molar-refractivity contribution in [2.75, 3.05) is 0 Å². The summed E-state index contributed by atoms with van der Waals surface area (Å²) in [5.41, 5.74) is -0.763. The molecule has 0 aliphatic heterocycles. The van der Waals surface area contributed by atoms with Gasteiger partial charge in [0.25, 0.3) is 0 Å². The standard InChI is InChI=1S/C56H66O12/c1-5-9-13-15-19-29-47(57)39-33-35-49(65-51(59)31-17-11-7-3)45(37-39)53(61)41-25-21-23-27-43(41)55(63)67-68-56(64)44-28-24-22-26-42(44)54(62)46-38-40(48(58)30-20-16-14-10-6-2)34-36-50(46)66-52(60)32-18-12-8-4/h21-28,33-38H,5-20,29-32H2,1-4H3. The Labute approximate surface area is 400 Å². The highest BCUT2D eigenvalue weighted by molar-refractivity contribution is 6.18. The Kier molecular flexibility index (Phi) is 23.3. The van der Waals surface area contributed by atoms with Gasteiger partial charge in [0.05, 0.1) is 22.3 Å². The number of benzene rings is 4. The van der Waals surface area contributed by atoms with Crippen LogP contribution in [0.3, 0.4) is 0 Å². The number of ketones is 4. The number of hydrogen-bond acceptors (Lipinski definition) is 12. The third kappa shape index (κ3) is 16.6. The number of hydrogen-bond donors (Lipinski definition) is 0. The van der Waals surface area contributed by atoms with Gasteiger partial charge in [0, 0.05) is 47.9 Å². The van der Waals surface area contributed by atoms with E-state index in [0.717, 1.165) is 77.0 Å². The molecule has 4 aromatic carbocycles. The molecule has 0 aromatic heterocycles. The summed E-state index contributed by atoms with van der Waals surface area (Å²) in [7, 11) is 0. The van der Waals surface area contributed by atoms with Crippen molar-refractivity contribution in [1.82, 2.24) is 0 Å². The Balaban J connectivity index is 1.60. The number of rotatable bonds is 30. The first-order valence-corrected chi connectivity index (χ1v) is 24.4. The number of unbranched alkanes of at least 4 members (excludes halogenated alkanes) is 12. The lowest BCUT2D eigenvalue weighted by Gasteiger charge is -2.14. The van der Waals surface area contributed by atoms with Crippen molar-refractivity contribution in [1.29, 1.82) is 0 Å². The summed E-state index contributed by atoms with van der Waals surface area (Å²) >= 11 is 0. The monoisotopic (exact) mass is 930 g/mol. The van der Waals surface area contributed by atoms with Crippen LogP contribution in [0.25, 0.3) is 0 Å². The molecular formula is C56H66O12. The Morgan fingerprint density at radius 3 is 1.04 bits per heavy atom. The minimum absolute atomic E-state index is 0.0846. The maximum Gasteiger partial charge on any atom is 0.387 e. The van der Waals surface area contributed by atoms with Crippen LogP contribution in [-0.2, 0) is 19.4 Å². The van der Waals surface area contributed by atoms with Gasteiger partial charge in [-0.2, -0.15) is 0 Å². The summed E-state index contributed by atoms with van der Waals surface area (Å²) in [4.78, 5) is 118. The van der Waals surface area contributed by atoms with Gasteiger partial charge in [0.1, 0.15) is 11.5 Å². The Bertz CT molecular complexity index is 2210. The van der Waals surface area contributed by atoms with E-state index in [1.807, 2.05) is 13.8 Å². The van der Waals surface area contributed by atoms with E-state index in [1.54, 1.807) is 0 Å². The second kappa shape index (κ2) is 29.3. The van der Waals surface area contributed by atoms with Gasteiger partial charge in [0.15, 0.2) is 23.1 Å². The van der Waals surface area contributed by atoms with E-state index >= 15 is 0 Å². The summed E-state index contributed by atoms with van der Waals surface area (Å²) in [5.74, 6) is -5.65. The van der Waals surface area contributed by atoms with Crippen molar-refractivity contribution in [2.45, 2.75) is 156 Å². The maximum atomic E-state index is 14.4. The summed E-state index contributed by atoms with van der Waals surface area (Å²) < 4.78 is 11.3. The fourth-order valence-electron chi connectivity index (χ4n) is 7.57. The van der Waals surface area contributed by atoms with Crippen molar-refractivity contribution in [3.63, 3.8) is 0 Å². The van der Waals surface area contributed by atoms with E-state index in [9.17, 15) is 38.4 Å². The van der Waals surface area contributed by atoms with E-state index < -0.39 is 35.4 Å². The third-order valence-electron chi connectivity index (χ3n) is 11.5. The number of esters is 2. The number of Topliss-reactive ketones (excluding diaryl/α,β-unsaturated/α-hetero) is 2. The zero-order valence-corrected chi connectivity index (χ0v) is 40.1. The molecule has 0 spiro atoms. The molecule has 0 aliphatic carbocycles. The molecule has 0 saturated carbocycles. The molecule has 12 nitrogen and oxygen atoms in total. The Morgan fingerprint density at radius 2 is 0.676 bits per heavy atom. The van der Waals surface area contributed by atoms with E-state index in [2.05, 4.69) is 13.8 Å². The van der Waals surface area contributed by atoms with Gasteiger partial charge in [-0.25, -0.2) is 19.4 Å². The van der Waals surface area contributed by atoms with Gasteiger partial charge in [-0.3, -0.25) is 28.8 Å². The molecule has 12 heteroatoms. The molecule has 68 heavy (non-hydrogen) atoms. The van der Waals surface area contributed by atoms with E-state index in [4.69, 9.17) is 19.2 Å². The van der Waals surface area contributed by atoms with Gasteiger partial charge in [0.2, 0.25) is 0 Å². The second-order valence-corrected chi connectivity index (χ2v) is 17.0. The molecular weight excluding hydrogens is 865 g/mol. The first kappa shape index (κ1) is 54.0. The van der Waals surface area contributed by atoms with Gasteiger partial charge in [-0.05, 0) is 74.2 Å². The van der Waals surface area contributed by atoms with Crippen LogP contribution in [0.15, 0.2) is 84.9 Å². The summed E-state index contributed by atoms with van der Waals surface area (Å²) in [6, 6.07) is 19.8. The topological polar surface area (TPSA) is 173 Å². The summed E-state index contributed by atoms with van der Waals surface area (Å²) in [6.07, 6.45) is 14.7. The highest BCUT2D eigenvalue weighted by Gasteiger charge is 2.28. The molecule has 0 aliphatic rings. The van der Waals surface area contributed by atoms with Crippen LogP contribution in [0.2, 0.25) is 0 Å². The molecule has 4 rings (SSSR count). The minimum Gasteiger partial charge on any atom is -0.426 e. The van der Waals surface area contributed by atoms with Crippen LogP contribution in [0.5, 0.6) is 11.5 Å². The number of ether oxygens (including phenoxy) is 2. The Morgan fingerprint density at radius 1 is 0.353 bits per heavy atom. The molecule has 362 valence electrons. The van der Waals surface area contributed by atoms with Crippen LogP contribution in [0.1, 0.15) is 229 Å². The van der Waals surface area contributed by atoms with Crippen molar-refractivity contribution in [3.8, 4) is 11.5 Å². The fraction of sp³-hybridized carbons (Fsp3) is 0.429. The lowest BCUT2D eigenvalue weighted by molar-refractivity contribution is -0.187. The summed E-state index contributed by atoms with van der Waals surface area (Å²) in [6.45, 7) is 8.21. The number of carbonyl (C=O) groups is 8. The highest BCUT2D eigenvalue weighted by atomic mass is 17.2. The van der Waals surface area contributed by atoms with Crippen molar-refractivity contribution >= 4 is 47.0 Å². The molecule has 0 atom stereocenters. The quantitative estimate of drug-likeness (QED) is 0.0121. The van der Waals surface area contributed by atoms with Gasteiger partial charge in [-0.15, -0.1) is 0 Å². The molecule has 0 bridgehead atoms. The van der Waals surface area contributed by atoms with E-state index in [0.29, 0.717) is 25.7 Å². The first-order chi connectivity index (χ1) is 32.9. The molecule has 0 N–H and O–H groups in total. The van der Waals surface area contributed by atoms with Gasteiger partial charge >= 0.3 is 23.9 Å². The number of carbonyl (C=O) groups excluding carboxylic acids is 8. The molecule has 0 amide bonds. The van der Waals surface area contributed by atoms with E-state index in [-0.39, 0.29) is 93.3 Å². The van der Waals surface area contributed by atoms with Crippen LogP contribution >= 0.6 is 0 Å². The third-order valence-corrected chi connectivity index (χ3v) is 11.5. The van der Waals surface area contributed by atoms with Gasteiger partial charge in [-0.1, -0.05) is 141 Å². The first-order valence-electron chi connectivity index (χ1n) is 24.4. The predicted molar refractivity (Wildman–Crippen MR) is 258 cm³/mol. The minimum atomic E-state index is -1.23. The SMILES string of the molecule is CCCCCCCC(=O)c1ccc(OC(=O)CCCCC)c(C(=O)c2ccccc2C(=O)OOC(=O)c2ccccc2C(=O)c2cc(C(=O)CCCCCCC)ccc2OC(=O)CCCCC)c1. The smallest absolute Gasteiger partial charge is 0.387 e. The average molecular weight is 931 g/mol. The predicted octanol–water partition coefficient (Wildman–Crippen LogP) is 13.1. The largest absolute Gasteiger partial charge is 0.426 e. The fourth-order valence-corrected chi connectivity index (χ4v) is 7.57. The van der Waals surface area contributed by atoms with Crippen LogP contribution in [0.4, 0.5) is 0 Å². The van der Waals surface area contributed by atoms with Crippen LogP contribution in [0, 0.1) is 0 Å². The molecule has 0 radical (unpaired) electrons. The van der Waals surface area contributed by atoms with Crippen LogP contribution in [-0.4, -0.2) is 47.0 Å². The normalized spacial score (nSPS) is 10.8. The summed E-state index contributed by atoms with van der Waals surface area (Å²) in [5, 5.41) is 0. The second-order valence-electron chi connectivity index (χ2n) is 17.0. The Hall–Kier alpha value is -6.56. The molecule has 0 saturated heterocycles. The lowest BCUT2D eigenvalue weighted by atomic mass is 9.94. The molecule has 0 heterocycles. The molecule has 0 unspecified atom stereocenters. The zero-order chi connectivity index (χ0) is 49.3. The average Bonchev–Trinajstić information content (AvgIpc) is 3.35.